The van der Waals surface area contributed by atoms with Gasteiger partial charge in [-0.1, -0.05) is 6.07 Å². The Bertz CT molecular complexity index is 509. The molecule has 0 atom stereocenters. The third-order valence-electron chi connectivity index (χ3n) is 3.40. The van der Waals surface area contributed by atoms with Crippen molar-refractivity contribution in [3.8, 4) is 11.5 Å². The number of hydrogen-bond acceptors (Lipinski definition) is 5. The third kappa shape index (κ3) is 8.60. The molecule has 0 radical (unpaired) electrons. The summed E-state index contributed by atoms with van der Waals surface area (Å²) in [6, 6.07) is 5.90. The number of rotatable bonds is 12. The first-order valence-electron chi connectivity index (χ1n) is 8.56. The van der Waals surface area contributed by atoms with Crippen molar-refractivity contribution in [3.63, 3.8) is 0 Å². The zero-order valence-corrected chi connectivity index (χ0v) is 15.8. The summed E-state index contributed by atoms with van der Waals surface area (Å²) in [6.45, 7) is 5.95. The van der Waals surface area contributed by atoms with Gasteiger partial charge in [0.1, 0.15) is 0 Å². The number of nitrogens with one attached hydrogen (secondary N) is 2. The summed E-state index contributed by atoms with van der Waals surface area (Å²) >= 11 is 0. The van der Waals surface area contributed by atoms with Crippen LogP contribution in [0.15, 0.2) is 23.2 Å². The van der Waals surface area contributed by atoms with Gasteiger partial charge in [-0.3, -0.25) is 4.99 Å². The van der Waals surface area contributed by atoms with Crippen LogP contribution in [0.5, 0.6) is 11.5 Å². The van der Waals surface area contributed by atoms with Crippen molar-refractivity contribution in [1.29, 1.82) is 0 Å². The van der Waals surface area contributed by atoms with Gasteiger partial charge in [0.2, 0.25) is 0 Å². The molecule has 0 spiro atoms. The van der Waals surface area contributed by atoms with Gasteiger partial charge in [-0.05, 0) is 31.0 Å². The molecule has 25 heavy (non-hydrogen) atoms. The molecular weight excluding hydrogens is 322 g/mol. The standard InChI is InChI=1S/C18H31N3O4/c1-5-25-16-8-7-15(13-17(16)23-4)14-21-18(19-2)20-9-6-10-24-12-11-22-3/h7-8,13H,5-6,9-12,14H2,1-4H3,(H2,19,20,21). The summed E-state index contributed by atoms with van der Waals surface area (Å²) in [6.07, 6.45) is 0.904. The van der Waals surface area contributed by atoms with Crippen LogP contribution in [-0.4, -0.2) is 60.2 Å². The lowest BCUT2D eigenvalue weighted by atomic mass is 10.2. The van der Waals surface area contributed by atoms with Crippen LogP contribution < -0.4 is 20.1 Å². The van der Waals surface area contributed by atoms with Crippen LogP contribution in [0.3, 0.4) is 0 Å². The van der Waals surface area contributed by atoms with Gasteiger partial charge in [0.05, 0.1) is 26.9 Å². The molecule has 7 nitrogen and oxygen atoms in total. The summed E-state index contributed by atoms with van der Waals surface area (Å²) in [5, 5.41) is 6.54. The molecule has 0 aliphatic carbocycles. The number of aliphatic imine (C=N–C) groups is 1. The van der Waals surface area contributed by atoms with Crippen molar-refractivity contribution in [2.24, 2.45) is 4.99 Å². The van der Waals surface area contributed by atoms with Crippen LogP contribution in [0.25, 0.3) is 0 Å². The molecule has 0 bridgehead atoms. The van der Waals surface area contributed by atoms with Gasteiger partial charge in [-0.15, -0.1) is 0 Å². The molecule has 0 saturated carbocycles. The molecule has 0 heterocycles. The molecule has 1 aromatic carbocycles. The fourth-order valence-corrected chi connectivity index (χ4v) is 2.13. The summed E-state index contributed by atoms with van der Waals surface area (Å²) < 4.78 is 21.3. The van der Waals surface area contributed by atoms with E-state index in [9.17, 15) is 0 Å². The third-order valence-corrected chi connectivity index (χ3v) is 3.40. The predicted molar refractivity (Wildman–Crippen MR) is 99.7 cm³/mol. The van der Waals surface area contributed by atoms with Gasteiger partial charge in [-0.2, -0.15) is 0 Å². The first-order valence-corrected chi connectivity index (χ1v) is 8.56. The largest absolute Gasteiger partial charge is 0.493 e. The Labute approximate surface area is 150 Å². The molecule has 1 aromatic rings. The highest BCUT2D eigenvalue weighted by Crippen LogP contribution is 2.27. The lowest BCUT2D eigenvalue weighted by Gasteiger charge is -2.14. The molecule has 0 saturated heterocycles. The molecule has 0 unspecified atom stereocenters. The molecule has 0 fully saturated rings. The van der Waals surface area contributed by atoms with E-state index < -0.39 is 0 Å². The normalized spacial score (nSPS) is 11.3. The van der Waals surface area contributed by atoms with Gasteiger partial charge < -0.3 is 29.6 Å². The zero-order chi connectivity index (χ0) is 18.3. The summed E-state index contributed by atoms with van der Waals surface area (Å²) in [5.41, 5.74) is 1.09. The van der Waals surface area contributed by atoms with E-state index in [1.165, 1.54) is 0 Å². The van der Waals surface area contributed by atoms with Crippen LogP contribution in [0, 0.1) is 0 Å². The maximum atomic E-state index is 5.53. The van der Waals surface area contributed by atoms with Crippen molar-refractivity contribution < 1.29 is 18.9 Å². The van der Waals surface area contributed by atoms with Crippen LogP contribution in [-0.2, 0) is 16.0 Å². The molecule has 7 heteroatoms. The van der Waals surface area contributed by atoms with Crippen molar-refractivity contribution in [1.82, 2.24) is 10.6 Å². The maximum absolute atomic E-state index is 5.53. The highest BCUT2D eigenvalue weighted by Gasteiger charge is 2.06. The molecule has 0 aliphatic heterocycles. The van der Waals surface area contributed by atoms with Gasteiger partial charge in [0.25, 0.3) is 0 Å². The maximum Gasteiger partial charge on any atom is 0.191 e. The fraction of sp³-hybridized carbons (Fsp3) is 0.611. The van der Waals surface area contributed by atoms with Crippen LogP contribution in [0.2, 0.25) is 0 Å². The summed E-state index contributed by atoms with van der Waals surface area (Å²) in [5.74, 6) is 2.24. The number of guanidine groups is 1. The molecule has 0 aliphatic rings. The zero-order valence-electron chi connectivity index (χ0n) is 15.8. The highest BCUT2D eigenvalue weighted by molar-refractivity contribution is 5.79. The van der Waals surface area contributed by atoms with E-state index in [0.29, 0.717) is 33.0 Å². The van der Waals surface area contributed by atoms with E-state index in [0.717, 1.165) is 36.0 Å². The fourth-order valence-electron chi connectivity index (χ4n) is 2.13. The summed E-state index contributed by atoms with van der Waals surface area (Å²) in [7, 11) is 5.06. The number of nitrogens with zero attached hydrogens (tertiary/aromatic N) is 1. The Morgan fingerprint density at radius 1 is 1.08 bits per heavy atom. The smallest absolute Gasteiger partial charge is 0.191 e. The topological polar surface area (TPSA) is 73.3 Å². The Balaban J connectivity index is 2.34. The van der Waals surface area contributed by atoms with Crippen molar-refractivity contribution in [2.75, 3.05) is 54.2 Å². The minimum absolute atomic E-state index is 0.611. The van der Waals surface area contributed by atoms with E-state index in [-0.39, 0.29) is 0 Å². The van der Waals surface area contributed by atoms with E-state index in [1.54, 1.807) is 21.3 Å². The second-order valence-corrected chi connectivity index (χ2v) is 5.23. The Hall–Kier alpha value is -1.99. The van der Waals surface area contributed by atoms with E-state index >= 15 is 0 Å². The lowest BCUT2D eigenvalue weighted by Crippen LogP contribution is -2.37. The first-order chi connectivity index (χ1) is 12.2. The molecule has 0 amide bonds. The predicted octanol–water partition coefficient (Wildman–Crippen LogP) is 1.81. The van der Waals surface area contributed by atoms with Crippen molar-refractivity contribution in [2.45, 2.75) is 19.9 Å². The Kier molecular flexibility index (Phi) is 11.2. The van der Waals surface area contributed by atoms with Crippen molar-refractivity contribution in [3.05, 3.63) is 23.8 Å². The average Bonchev–Trinajstić information content (AvgIpc) is 2.64. The molecule has 142 valence electrons. The average molecular weight is 353 g/mol. The van der Waals surface area contributed by atoms with Crippen LogP contribution >= 0.6 is 0 Å². The van der Waals surface area contributed by atoms with E-state index in [2.05, 4.69) is 15.6 Å². The van der Waals surface area contributed by atoms with Crippen molar-refractivity contribution >= 4 is 5.96 Å². The number of benzene rings is 1. The minimum Gasteiger partial charge on any atom is -0.493 e. The molecule has 0 aromatic heterocycles. The van der Waals surface area contributed by atoms with Crippen LogP contribution in [0.4, 0.5) is 0 Å². The second kappa shape index (κ2) is 13.3. The first kappa shape index (κ1) is 21.1. The monoisotopic (exact) mass is 353 g/mol. The molecule has 2 N–H and O–H groups in total. The quantitative estimate of drug-likeness (QED) is 0.339. The Morgan fingerprint density at radius 2 is 1.92 bits per heavy atom. The number of ether oxygens (including phenoxy) is 4. The van der Waals surface area contributed by atoms with Crippen LogP contribution in [0.1, 0.15) is 18.9 Å². The highest BCUT2D eigenvalue weighted by atomic mass is 16.5. The lowest BCUT2D eigenvalue weighted by molar-refractivity contribution is 0.0698. The van der Waals surface area contributed by atoms with Gasteiger partial charge in [0, 0.05) is 33.9 Å². The number of methoxy groups -OCH3 is 2. The minimum atomic E-state index is 0.611. The van der Waals surface area contributed by atoms with Gasteiger partial charge in [-0.25, -0.2) is 0 Å². The van der Waals surface area contributed by atoms with Gasteiger partial charge >= 0.3 is 0 Å². The van der Waals surface area contributed by atoms with Gasteiger partial charge in [0.15, 0.2) is 17.5 Å². The molecular formula is C18H31N3O4. The summed E-state index contributed by atoms with van der Waals surface area (Å²) in [4.78, 5) is 4.22. The number of hydrogen-bond donors (Lipinski definition) is 2. The Morgan fingerprint density at radius 3 is 2.60 bits per heavy atom. The van der Waals surface area contributed by atoms with E-state index in [1.807, 2.05) is 25.1 Å². The molecule has 1 rings (SSSR count). The second-order valence-electron chi connectivity index (χ2n) is 5.23. The van der Waals surface area contributed by atoms with E-state index in [4.69, 9.17) is 18.9 Å². The SMILES string of the molecule is CCOc1ccc(CNC(=NC)NCCCOCCOC)cc1OC.